The van der Waals surface area contributed by atoms with Crippen molar-refractivity contribution in [3.63, 3.8) is 0 Å². The molecule has 26 heavy (non-hydrogen) atoms. The van der Waals surface area contributed by atoms with Crippen molar-refractivity contribution in [3.05, 3.63) is 66.8 Å². The summed E-state index contributed by atoms with van der Waals surface area (Å²) in [7, 11) is 0. The number of hydrogen-bond acceptors (Lipinski definition) is 4. The first-order chi connectivity index (χ1) is 12.2. The molecule has 0 aliphatic rings. The lowest BCUT2D eigenvalue weighted by molar-refractivity contribution is -0.153. The third-order valence-corrected chi connectivity index (χ3v) is 4.52. The van der Waals surface area contributed by atoms with Gasteiger partial charge in [-0.1, -0.05) is 24.3 Å². The molecule has 142 valence electrons. The Kier molecular flexibility index (Phi) is 10.7. The van der Waals surface area contributed by atoms with Gasteiger partial charge in [0.15, 0.2) is 0 Å². The van der Waals surface area contributed by atoms with Gasteiger partial charge >= 0.3 is 5.97 Å². The summed E-state index contributed by atoms with van der Waals surface area (Å²) in [4.78, 5) is 11.4. The fraction of sp³-hybridized carbons (Fsp3) is 0.350. The number of esters is 1. The molecule has 0 amide bonds. The maximum Gasteiger partial charge on any atom is 0.320 e. The quantitative estimate of drug-likeness (QED) is 0.405. The van der Waals surface area contributed by atoms with Gasteiger partial charge in [-0.25, -0.2) is 0 Å². The minimum absolute atomic E-state index is 0.219. The molecule has 2 rings (SSSR count). The molecule has 0 bridgehead atoms. The lowest BCUT2D eigenvalue weighted by atomic mass is 10.2. The van der Waals surface area contributed by atoms with Crippen molar-refractivity contribution in [2.24, 2.45) is 5.73 Å². The zero-order valence-electron chi connectivity index (χ0n) is 15.4. The van der Waals surface area contributed by atoms with Crippen LogP contribution in [0.4, 0.5) is 0 Å². The molecule has 0 aromatic heterocycles. The molecular weight excluding hydrogens is 554 g/mol. The number of nitrogens with one attached hydrogen (secondary N) is 1. The van der Waals surface area contributed by atoms with Crippen LogP contribution >= 0.6 is 45.2 Å². The van der Waals surface area contributed by atoms with Gasteiger partial charge < -0.3 is 15.8 Å². The van der Waals surface area contributed by atoms with Crippen LogP contribution in [0.3, 0.4) is 0 Å². The van der Waals surface area contributed by atoms with Gasteiger partial charge in [0.2, 0.25) is 0 Å². The second-order valence-electron chi connectivity index (χ2n) is 6.65. The van der Waals surface area contributed by atoms with Crippen molar-refractivity contribution in [2.45, 2.75) is 39.5 Å². The highest BCUT2D eigenvalue weighted by atomic mass is 127. The van der Waals surface area contributed by atoms with E-state index in [0.29, 0.717) is 13.1 Å². The molecule has 0 aliphatic heterocycles. The van der Waals surface area contributed by atoms with Crippen molar-refractivity contribution in [1.82, 2.24) is 5.32 Å². The maximum atomic E-state index is 11.4. The standard InChI is InChI=1S/C13H18INO2.C7H8IN/c1-13(2,3)17-12(16)9-15-8-10-4-6-11(14)7-5-10;8-7-3-1-6(5-9)2-4-7/h4-7,15H,8-9H2,1-3H3;1-4H,5,9H2. The normalized spacial score (nSPS) is 10.7. The fourth-order valence-corrected chi connectivity index (χ4v) is 2.63. The van der Waals surface area contributed by atoms with Crippen LogP contribution in [0.25, 0.3) is 0 Å². The maximum absolute atomic E-state index is 11.4. The first-order valence-electron chi connectivity index (χ1n) is 8.31. The summed E-state index contributed by atoms with van der Waals surface area (Å²) in [6.07, 6.45) is 0. The molecule has 0 heterocycles. The van der Waals surface area contributed by atoms with Gasteiger partial charge in [0.05, 0.1) is 6.54 Å². The number of carbonyl (C=O) groups is 1. The van der Waals surface area contributed by atoms with Crippen LogP contribution in [0.5, 0.6) is 0 Å². The molecule has 0 saturated carbocycles. The molecule has 3 N–H and O–H groups in total. The van der Waals surface area contributed by atoms with Crippen LogP contribution in [0, 0.1) is 7.14 Å². The first-order valence-corrected chi connectivity index (χ1v) is 10.5. The van der Waals surface area contributed by atoms with Crippen LogP contribution in [0.2, 0.25) is 0 Å². The van der Waals surface area contributed by atoms with E-state index in [-0.39, 0.29) is 12.5 Å². The summed E-state index contributed by atoms with van der Waals surface area (Å²) in [6.45, 7) is 7.15. The minimum atomic E-state index is -0.415. The van der Waals surface area contributed by atoms with Crippen molar-refractivity contribution in [2.75, 3.05) is 6.54 Å². The summed E-state index contributed by atoms with van der Waals surface area (Å²) in [5, 5.41) is 3.07. The van der Waals surface area contributed by atoms with E-state index in [4.69, 9.17) is 10.5 Å². The topological polar surface area (TPSA) is 64.3 Å². The Hall–Kier alpha value is -0.710. The van der Waals surface area contributed by atoms with Crippen LogP contribution in [0.15, 0.2) is 48.5 Å². The molecule has 0 radical (unpaired) electrons. The van der Waals surface area contributed by atoms with Gasteiger partial charge in [-0.3, -0.25) is 4.79 Å². The van der Waals surface area contributed by atoms with E-state index in [1.807, 2.05) is 57.2 Å². The smallest absolute Gasteiger partial charge is 0.320 e. The Labute approximate surface area is 183 Å². The number of halogens is 2. The lowest BCUT2D eigenvalue weighted by Gasteiger charge is -2.19. The molecule has 4 nitrogen and oxygen atoms in total. The Morgan fingerprint density at radius 3 is 1.85 bits per heavy atom. The van der Waals surface area contributed by atoms with Crippen LogP contribution in [-0.4, -0.2) is 18.1 Å². The molecule has 0 atom stereocenters. The van der Waals surface area contributed by atoms with Crippen LogP contribution in [-0.2, 0) is 22.6 Å². The highest BCUT2D eigenvalue weighted by molar-refractivity contribution is 14.1. The second kappa shape index (κ2) is 11.9. The van der Waals surface area contributed by atoms with Gasteiger partial charge in [-0.05, 0) is 101 Å². The number of nitrogens with two attached hydrogens (primary N) is 1. The molecule has 0 unspecified atom stereocenters. The van der Waals surface area contributed by atoms with Crippen molar-refractivity contribution >= 4 is 51.2 Å². The van der Waals surface area contributed by atoms with E-state index in [1.165, 1.54) is 12.7 Å². The average molecular weight is 580 g/mol. The molecule has 2 aromatic carbocycles. The second-order valence-corrected chi connectivity index (χ2v) is 9.14. The highest BCUT2D eigenvalue weighted by Gasteiger charge is 2.15. The molecule has 0 saturated heterocycles. The fourth-order valence-electron chi connectivity index (χ4n) is 1.91. The van der Waals surface area contributed by atoms with E-state index in [2.05, 4.69) is 62.6 Å². The SMILES string of the molecule is CC(C)(C)OC(=O)CNCc1ccc(I)cc1.NCc1ccc(I)cc1. The number of benzene rings is 2. The third kappa shape index (κ3) is 11.1. The first kappa shape index (κ1) is 23.3. The third-order valence-electron chi connectivity index (χ3n) is 3.08. The summed E-state index contributed by atoms with van der Waals surface area (Å²) in [5.74, 6) is -0.219. The molecule has 0 spiro atoms. The summed E-state index contributed by atoms with van der Waals surface area (Å²) >= 11 is 4.54. The van der Waals surface area contributed by atoms with E-state index < -0.39 is 5.60 Å². The predicted octanol–water partition coefficient (Wildman–Crippen LogP) is 4.47. The zero-order chi connectivity index (χ0) is 19.6. The lowest BCUT2D eigenvalue weighted by Crippen LogP contribution is -2.31. The van der Waals surface area contributed by atoms with E-state index in [9.17, 15) is 4.79 Å². The van der Waals surface area contributed by atoms with E-state index in [0.717, 1.165) is 5.56 Å². The number of hydrogen-bond donors (Lipinski definition) is 2. The zero-order valence-corrected chi connectivity index (χ0v) is 19.7. The molecule has 0 aliphatic carbocycles. The summed E-state index contributed by atoms with van der Waals surface area (Å²) in [5.41, 5.74) is 7.33. The van der Waals surface area contributed by atoms with E-state index in [1.54, 1.807) is 0 Å². The van der Waals surface area contributed by atoms with Crippen LogP contribution < -0.4 is 11.1 Å². The van der Waals surface area contributed by atoms with Gasteiger partial charge in [-0.2, -0.15) is 0 Å². The van der Waals surface area contributed by atoms with Crippen molar-refractivity contribution < 1.29 is 9.53 Å². The van der Waals surface area contributed by atoms with Crippen molar-refractivity contribution in [1.29, 1.82) is 0 Å². The van der Waals surface area contributed by atoms with Gasteiger partial charge in [-0.15, -0.1) is 0 Å². The summed E-state index contributed by atoms with van der Waals surface area (Å²) in [6, 6.07) is 16.4. The minimum Gasteiger partial charge on any atom is -0.459 e. The largest absolute Gasteiger partial charge is 0.459 e. The molecule has 2 aromatic rings. The monoisotopic (exact) mass is 580 g/mol. The molecule has 0 fully saturated rings. The predicted molar refractivity (Wildman–Crippen MR) is 124 cm³/mol. The summed E-state index contributed by atoms with van der Waals surface area (Å²) < 4.78 is 7.65. The number of rotatable bonds is 5. The van der Waals surface area contributed by atoms with Gasteiger partial charge in [0, 0.05) is 20.2 Å². The van der Waals surface area contributed by atoms with Crippen LogP contribution in [0.1, 0.15) is 31.9 Å². The number of ether oxygens (including phenoxy) is 1. The number of carbonyl (C=O) groups excluding carboxylic acids is 1. The van der Waals surface area contributed by atoms with E-state index >= 15 is 0 Å². The average Bonchev–Trinajstić information content (AvgIpc) is 2.56. The molecular formula is C20H26I2N2O2. The Morgan fingerprint density at radius 1 is 0.962 bits per heavy atom. The Morgan fingerprint density at radius 2 is 1.42 bits per heavy atom. The Bertz CT molecular complexity index is 666. The highest BCUT2D eigenvalue weighted by Crippen LogP contribution is 2.08. The Balaban J connectivity index is 0.000000314. The van der Waals surface area contributed by atoms with Gasteiger partial charge in [0.25, 0.3) is 0 Å². The van der Waals surface area contributed by atoms with Gasteiger partial charge in [0.1, 0.15) is 5.60 Å². The van der Waals surface area contributed by atoms with Crippen molar-refractivity contribution in [3.8, 4) is 0 Å². The molecule has 6 heteroatoms.